The molecule has 308 valence electrons. The Bertz CT molecular complexity index is 2180. The second-order valence-corrected chi connectivity index (χ2v) is 18.8. The lowest BCUT2D eigenvalue weighted by Crippen LogP contribution is -2.54. The molecule has 56 heavy (non-hydrogen) atoms. The van der Waals surface area contributed by atoms with Gasteiger partial charge in [0.1, 0.15) is 17.2 Å². The largest absolute Gasteiger partial charge is 0.534 e. The quantitative estimate of drug-likeness (QED) is 0.0995. The molecule has 0 N–H and O–H groups in total. The van der Waals surface area contributed by atoms with Crippen LogP contribution in [0.3, 0.4) is 0 Å². The highest BCUT2D eigenvalue weighted by atomic mass is 32.2. The Labute approximate surface area is 316 Å². The molecule has 3 aromatic carbocycles. The molecule has 3 atom stereocenters. The van der Waals surface area contributed by atoms with Crippen LogP contribution in [0.4, 0.5) is 39.5 Å². The van der Waals surface area contributed by atoms with Crippen LogP contribution >= 0.6 is 0 Å². The van der Waals surface area contributed by atoms with Crippen molar-refractivity contribution in [2.24, 2.45) is 5.41 Å². The van der Waals surface area contributed by atoms with Gasteiger partial charge in [0.25, 0.3) is 0 Å². The number of rotatable bonds is 12. The van der Waals surface area contributed by atoms with Crippen molar-refractivity contribution >= 4 is 30.4 Å². The Morgan fingerprint density at radius 2 is 0.679 bits per heavy atom. The van der Waals surface area contributed by atoms with E-state index in [1.165, 1.54) is 18.2 Å². The van der Waals surface area contributed by atoms with E-state index in [0.29, 0.717) is 36.0 Å². The molecule has 0 saturated carbocycles. The number of hydrogen-bond donors (Lipinski definition) is 0. The fourth-order valence-electron chi connectivity index (χ4n) is 10.3. The smallest absolute Gasteiger partial charge is 0.376 e. The molecule has 3 aliphatic rings. The molecule has 0 radical (unpaired) electrons. The number of fused-ring (bicyclic) bond motifs is 9. The van der Waals surface area contributed by atoms with Crippen molar-refractivity contribution < 1.29 is 77.3 Å². The maximum atomic E-state index is 13.5. The second kappa shape index (κ2) is 12.6. The van der Waals surface area contributed by atoms with Crippen molar-refractivity contribution in [2.45, 2.75) is 99.0 Å². The highest BCUT2D eigenvalue weighted by Crippen LogP contribution is 2.85. The Balaban J connectivity index is 1.79. The first-order valence-corrected chi connectivity index (χ1v) is 21.3. The standard InChI is InChI=1S/C35H33F9O9S3/c1-5-14-30-23-11-8-21(52-55(47,48)34(39,40)41)18-27(23)32(16-7-3)25-13-10-22(53-56(49,50)35(42,43)44)19-28(25)31(15-6-2,29(30,32)4)24-12-9-20(17-26(24)30)51-54(45,46)33(36,37)38/h8-13,17-19H,5-7,14-16H2,1-4H3/t29?,30-,31-,32-/m0/s1. The summed E-state index contributed by atoms with van der Waals surface area (Å²) in [4.78, 5) is 0. The zero-order valence-corrected chi connectivity index (χ0v) is 32.2. The van der Waals surface area contributed by atoms with Crippen LogP contribution in [0.15, 0.2) is 54.6 Å². The van der Waals surface area contributed by atoms with Gasteiger partial charge in [-0.15, -0.1) is 0 Å². The molecule has 6 rings (SSSR count). The minimum Gasteiger partial charge on any atom is -0.376 e. The van der Waals surface area contributed by atoms with Gasteiger partial charge in [0.05, 0.1) is 0 Å². The highest BCUT2D eigenvalue weighted by molar-refractivity contribution is 7.88. The molecule has 0 unspecified atom stereocenters. The number of hydrogen-bond acceptors (Lipinski definition) is 9. The van der Waals surface area contributed by atoms with E-state index in [9.17, 15) is 64.8 Å². The maximum absolute atomic E-state index is 13.5. The highest BCUT2D eigenvalue weighted by Gasteiger charge is 2.82. The normalized spacial score (nSPS) is 25.7. The average molecular weight is 865 g/mol. The lowest BCUT2D eigenvalue weighted by molar-refractivity contribution is -0.0504. The average Bonchev–Trinajstić information content (AvgIpc) is 3.45. The van der Waals surface area contributed by atoms with Gasteiger partial charge in [-0.3, -0.25) is 0 Å². The SMILES string of the molecule is CCC[C@]12c3ccc(OS(=O)(=O)C(F)(F)F)cc3[C@]3(CCC)c4ccc(OS(=O)(=O)C(F)(F)F)cc4[C@](CCC)(c4ccc(OS(=O)(=O)C(F)(F)F)cc41)C23C. The van der Waals surface area contributed by atoms with Gasteiger partial charge in [-0.05, 0) is 89.0 Å². The van der Waals surface area contributed by atoms with Crippen LogP contribution in [0, 0.1) is 5.41 Å². The van der Waals surface area contributed by atoms with Gasteiger partial charge in [-0.1, -0.05) is 65.2 Å². The van der Waals surface area contributed by atoms with Crippen LogP contribution < -0.4 is 12.5 Å². The number of alkyl halides is 9. The third-order valence-electron chi connectivity index (χ3n) is 11.6. The van der Waals surface area contributed by atoms with Gasteiger partial charge < -0.3 is 12.5 Å². The van der Waals surface area contributed by atoms with E-state index in [0.717, 1.165) is 36.4 Å². The topological polar surface area (TPSA) is 130 Å². The minimum atomic E-state index is -6.20. The van der Waals surface area contributed by atoms with Crippen molar-refractivity contribution in [1.82, 2.24) is 0 Å². The van der Waals surface area contributed by atoms with E-state index in [1.54, 1.807) is 20.8 Å². The van der Waals surface area contributed by atoms with Crippen molar-refractivity contribution in [3.05, 3.63) is 88.0 Å². The van der Waals surface area contributed by atoms with E-state index in [1.807, 2.05) is 6.92 Å². The molecule has 0 fully saturated rings. The molecule has 3 aliphatic carbocycles. The summed E-state index contributed by atoms with van der Waals surface area (Å²) in [5, 5.41) is 0. The molecular formula is C35H33F9O9S3. The first-order chi connectivity index (χ1) is 25.6. The minimum absolute atomic E-state index is 0.150. The molecule has 0 amide bonds. The van der Waals surface area contributed by atoms with Crippen molar-refractivity contribution in [3.63, 3.8) is 0 Å². The Morgan fingerprint density at radius 3 is 0.875 bits per heavy atom. The van der Waals surface area contributed by atoms with Crippen LogP contribution in [-0.4, -0.2) is 41.8 Å². The fraction of sp³-hybridized carbons (Fsp3) is 0.486. The zero-order valence-electron chi connectivity index (χ0n) is 29.7. The van der Waals surface area contributed by atoms with E-state index >= 15 is 0 Å². The van der Waals surface area contributed by atoms with E-state index < -0.39 is 85.8 Å². The molecule has 3 aromatic rings. The maximum Gasteiger partial charge on any atom is 0.534 e. The zero-order chi connectivity index (χ0) is 41.9. The first kappa shape index (κ1) is 41.9. The van der Waals surface area contributed by atoms with E-state index in [2.05, 4.69) is 12.5 Å². The van der Waals surface area contributed by atoms with Gasteiger partial charge in [-0.2, -0.15) is 64.8 Å². The summed E-state index contributed by atoms with van der Waals surface area (Å²) in [5.41, 5.74) is -21.1. The summed E-state index contributed by atoms with van der Waals surface area (Å²) in [6.07, 6.45) is 1.45. The van der Waals surface area contributed by atoms with E-state index in [4.69, 9.17) is 0 Å². The van der Waals surface area contributed by atoms with Crippen LogP contribution in [-0.2, 0) is 46.6 Å². The lowest BCUT2D eigenvalue weighted by Gasteiger charge is -2.53. The first-order valence-electron chi connectivity index (χ1n) is 17.1. The van der Waals surface area contributed by atoms with Gasteiger partial charge in [-0.25, -0.2) is 0 Å². The molecule has 0 spiro atoms. The number of benzene rings is 3. The fourth-order valence-corrected chi connectivity index (χ4v) is 11.6. The monoisotopic (exact) mass is 864 g/mol. The van der Waals surface area contributed by atoms with E-state index in [-0.39, 0.29) is 36.0 Å². The molecule has 0 aromatic heterocycles. The third kappa shape index (κ3) is 5.27. The molecule has 0 bridgehead atoms. The molecule has 0 heterocycles. The van der Waals surface area contributed by atoms with Crippen molar-refractivity contribution in [1.29, 1.82) is 0 Å². The Kier molecular flexibility index (Phi) is 9.46. The van der Waals surface area contributed by atoms with Crippen molar-refractivity contribution in [3.8, 4) is 17.2 Å². The predicted molar refractivity (Wildman–Crippen MR) is 181 cm³/mol. The summed E-state index contributed by atoms with van der Waals surface area (Å²) in [6.45, 7) is 7.14. The molecule has 9 nitrogen and oxygen atoms in total. The summed E-state index contributed by atoms with van der Waals surface area (Å²) < 4.78 is 209. The predicted octanol–water partition coefficient (Wildman–Crippen LogP) is 8.98. The summed E-state index contributed by atoms with van der Waals surface area (Å²) in [7, 11) is -18.6. The van der Waals surface area contributed by atoms with Gasteiger partial charge >= 0.3 is 46.9 Å². The molecule has 21 heteroatoms. The van der Waals surface area contributed by atoms with Crippen LogP contribution in [0.25, 0.3) is 0 Å². The van der Waals surface area contributed by atoms with Crippen molar-refractivity contribution in [2.75, 3.05) is 0 Å². The Morgan fingerprint density at radius 1 is 0.446 bits per heavy atom. The number of halogens is 9. The summed E-state index contributed by atoms with van der Waals surface area (Å²) in [6, 6.07) is 10.4. The van der Waals surface area contributed by atoms with Gasteiger partial charge in [0, 0.05) is 21.7 Å². The molecule has 0 saturated heterocycles. The third-order valence-corrected chi connectivity index (χ3v) is 14.6. The lowest BCUT2D eigenvalue weighted by atomic mass is 9.48. The van der Waals surface area contributed by atoms with Crippen LogP contribution in [0.5, 0.6) is 17.2 Å². The summed E-state index contributed by atoms with van der Waals surface area (Å²) in [5.74, 6) is -2.23. The summed E-state index contributed by atoms with van der Waals surface area (Å²) >= 11 is 0. The molecule has 0 aliphatic heterocycles. The second-order valence-electron chi connectivity index (χ2n) is 14.2. The Hall–Kier alpha value is -3.72. The van der Waals surface area contributed by atoms with Crippen LogP contribution in [0.2, 0.25) is 0 Å². The van der Waals surface area contributed by atoms with Crippen LogP contribution in [0.1, 0.15) is 99.6 Å². The molecular weight excluding hydrogens is 832 g/mol. The van der Waals surface area contributed by atoms with Gasteiger partial charge in [0.15, 0.2) is 0 Å². The van der Waals surface area contributed by atoms with Gasteiger partial charge in [0.2, 0.25) is 0 Å².